The Kier molecular flexibility index (Phi) is 5.53. The molecule has 1 heterocycles. The summed E-state index contributed by atoms with van der Waals surface area (Å²) in [5.74, 6) is 0.101. The Morgan fingerprint density at radius 2 is 2.08 bits per heavy atom. The van der Waals surface area contributed by atoms with Gasteiger partial charge >= 0.3 is 0 Å². The number of allylic oxidation sites excluding steroid dienone is 1. The topological polar surface area (TPSA) is 67.9 Å². The van der Waals surface area contributed by atoms with Crippen molar-refractivity contribution in [1.82, 2.24) is 4.90 Å². The van der Waals surface area contributed by atoms with Crippen LogP contribution in [0.3, 0.4) is 0 Å². The summed E-state index contributed by atoms with van der Waals surface area (Å²) < 4.78 is 5.48. The van der Waals surface area contributed by atoms with E-state index in [0.29, 0.717) is 19.2 Å². The number of nitrogen functional groups attached to an aromatic ring is 1. The number of hydrogen-bond acceptors (Lipinski definition) is 4. The fraction of sp³-hybridized carbons (Fsp3) is 0.500. The number of aliphatic imine (C=N–C) groups is 1. The lowest BCUT2D eigenvalue weighted by atomic mass is 9.91. The van der Waals surface area contributed by atoms with Crippen molar-refractivity contribution in [3.05, 3.63) is 41.5 Å². The average molecular weight is 341 g/mol. The summed E-state index contributed by atoms with van der Waals surface area (Å²) >= 11 is 0. The number of hydrogen-bond donors (Lipinski definition) is 1. The molecule has 134 valence electrons. The molecule has 0 atom stereocenters. The summed E-state index contributed by atoms with van der Waals surface area (Å²) in [5.41, 5.74) is 9.43. The molecule has 1 aliphatic heterocycles. The molecule has 1 fully saturated rings. The average Bonchev–Trinajstić information content (AvgIpc) is 3.06. The number of rotatable bonds is 5. The van der Waals surface area contributed by atoms with E-state index in [-0.39, 0.29) is 11.9 Å². The van der Waals surface area contributed by atoms with E-state index < -0.39 is 0 Å². The standard InChI is InChI=1S/C20H27N3O2/c1-14-10-16(12-22-14)20(24)23(13-15-4-3-5-17(21)11-15)18-6-8-19(25-2)9-7-18/h3-5,10-11,18-19H,6-9,12-13,21H2,1-2H3. The van der Waals surface area contributed by atoms with E-state index in [4.69, 9.17) is 10.5 Å². The molecule has 1 aromatic rings. The van der Waals surface area contributed by atoms with E-state index in [9.17, 15) is 4.79 Å². The number of ether oxygens (including phenoxy) is 1. The molecule has 0 saturated heterocycles. The highest BCUT2D eigenvalue weighted by Crippen LogP contribution is 2.28. The molecular formula is C20H27N3O2. The summed E-state index contributed by atoms with van der Waals surface area (Å²) in [6.07, 6.45) is 6.17. The van der Waals surface area contributed by atoms with Crippen molar-refractivity contribution in [3.63, 3.8) is 0 Å². The van der Waals surface area contributed by atoms with Gasteiger partial charge in [0.15, 0.2) is 0 Å². The fourth-order valence-corrected chi connectivity index (χ4v) is 3.71. The number of amides is 1. The van der Waals surface area contributed by atoms with Gasteiger partial charge in [-0.3, -0.25) is 9.79 Å². The Balaban J connectivity index is 1.78. The van der Waals surface area contributed by atoms with Crippen LogP contribution in [0.2, 0.25) is 0 Å². The first-order chi connectivity index (χ1) is 12.1. The van der Waals surface area contributed by atoms with Crippen LogP contribution in [0.15, 0.2) is 40.9 Å². The van der Waals surface area contributed by atoms with Gasteiger partial charge in [0.1, 0.15) is 0 Å². The Morgan fingerprint density at radius 3 is 2.68 bits per heavy atom. The van der Waals surface area contributed by atoms with Gasteiger partial charge in [-0.2, -0.15) is 0 Å². The van der Waals surface area contributed by atoms with Crippen molar-refractivity contribution >= 4 is 17.3 Å². The largest absolute Gasteiger partial charge is 0.399 e. The van der Waals surface area contributed by atoms with E-state index in [1.54, 1.807) is 7.11 Å². The zero-order chi connectivity index (χ0) is 17.8. The van der Waals surface area contributed by atoms with Gasteiger partial charge in [0.25, 0.3) is 5.91 Å². The minimum atomic E-state index is 0.101. The Hall–Kier alpha value is -2.14. The van der Waals surface area contributed by atoms with E-state index in [0.717, 1.165) is 48.2 Å². The van der Waals surface area contributed by atoms with Crippen molar-refractivity contribution in [2.75, 3.05) is 19.4 Å². The van der Waals surface area contributed by atoms with Crippen molar-refractivity contribution in [2.45, 2.75) is 51.3 Å². The van der Waals surface area contributed by atoms with Crippen LogP contribution in [0, 0.1) is 0 Å². The third-order valence-corrected chi connectivity index (χ3v) is 5.14. The molecule has 0 spiro atoms. The van der Waals surface area contributed by atoms with E-state index >= 15 is 0 Å². The van der Waals surface area contributed by atoms with Crippen LogP contribution in [0.4, 0.5) is 5.69 Å². The highest BCUT2D eigenvalue weighted by molar-refractivity contribution is 6.06. The number of carbonyl (C=O) groups excluding carboxylic acids is 1. The minimum Gasteiger partial charge on any atom is -0.399 e. The highest BCUT2D eigenvalue weighted by atomic mass is 16.5. The first-order valence-corrected chi connectivity index (χ1v) is 8.96. The lowest BCUT2D eigenvalue weighted by Crippen LogP contribution is -2.43. The monoisotopic (exact) mass is 341 g/mol. The predicted molar refractivity (Wildman–Crippen MR) is 101 cm³/mol. The molecule has 0 bridgehead atoms. The minimum absolute atomic E-state index is 0.101. The Labute approximate surface area is 149 Å². The number of benzene rings is 1. The van der Waals surface area contributed by atoms with Crippen LogP contribution in [0.1, 0.15) is 38.2 Å². The second-order valence-electron chi connectivity index (χ2n) is 6.97. The van der Waals surface area contributed by atoms with E-state index in [1.165, 1.54) is 0 Å². The van der Waals surface area contributed by atoms with Gasteiger partial charge in [0, 0.05) is 36.7 Å². The zero-order valence-corrected chi connectivity index (χ0v) is 15.1. The summed E-state index contributed by atoms with van der Waals surface area (Å²) in [6, 6.07) is 8.03. The third kappa shape index (κ3) is 4.28. The SMILES string of the molecule is COC1CCC(N(Cc2cccc(N)c2)C(=O)C2=CC(C)=NC2)CC1. The lowest BCUT2D eigenvalue weighted by molar-refractivity contribution is -0.131. The summed E-state index contributed by atoms with van der Waals surface area (Å²) in [4.78, 5) is 19.5. The second kappa shape index (κ2) is 7.83. The summed E-state index contributed by atoms with van der Waals surface area (Å²) in [5, 5.41) is 0. The molecule has 5 heteroatoms. The molecular weight excluding hydrogens is 314 g/mol. The van der Waals surface area contributed by atoms with Crippen LogP contribution >= 0.6 is 0 Å². The Bertz CT molecular complexity index is 688. The van der Waals surface area contributed by atoms with Gasteiger partial charge < -0.3 is 15.4 Å². The molecule has 0 radical (unpaired) electrons. The molecule has 1 aromatic carbocycles. The highest BCUT2D eigenvalue weighted by Gasteiger charge is 2.31. The zero-order valence-electron chi connectivity index (χ0n) is 15.1. The van der Waals surface area contributed by atoms with Crippen LogP contribution in [0.5, 0.6) is 0 Å². The third-order valence-electron chi connectivity index (χ3n) is 5.14. The molecule has 5 nitrogen and oxygen atoms in total. The van der Waals surface area contributed by atoms with Crippen LogP contribution in [0.25, 0.3) is 0 Å². The number of carbonyl (C=O) groups is 1. The van der Waals surface area contributed by atoms with Gasteiger partial charge in [0.2, 0.25) is 0 Å². The maximum absolute atomic E-state index is 13.2. The van der Waals surface area contributed by atoms with E-state index in [1.807, 2.05) is 42.2 Å². The molecule has 2 aliphatic rings. The van der Waals surface area contributed by atoms with Gasteiger partial charge in [-0.15, -0.1) is 0 Å². The molecule has 0 aromatic heterocycles. The van der Waals surface area contributed by atoms with Gasteiger partial charge in [-0.05, 0) is 56.4 Å². The second-order valence-corrected chi connectivity index (χ2v) is 6.97. The van der Waals surface area contributed by atoms with Crippen molar-refractivity contribution in [3.8, 4) is 0 Å². The molecule has 3 rings (SSSR count). The maximum Gasteiger partial charge on any atom is 0.252 e. The van der Waals surface area contributed by atoms with Crippen molar-refractivity contribution in [1.29, 1.82) is 0 Å². The molecule has 0 unspecified atom stereocenters. The number of methoxy groups -OCH3 is 1. The smallest absolute Gasteiger partial charge is 0.252 e. The van der Waals surface area contributed by atoms with Crippen LogP contribution in [-0.4, -0.2) is 42.3 Å². The number of anilines is 1. The van der Waals surface area contributed by atoms with Crippen LogP contribution in [-0.2, 0) is 16.1 Å². The number of nitrogens with two attached hydrogens (primary N) is 1. The predicted octanol–water partition coefficient (Wildman–Crippen LogP) is 2.96. The molecule has 1 saturated carbocycles. The molecule has 1 amide bonds. The lowest BCUT2D eigenvalue weighted by Gasteiger charge is -2.37. The quantitative estimate of drug-likeness (QED) is 0.837. The van der Waals surface area contributed by atoms with Gasteiger partial charge in [-0.1, -0.05) is 12.1 Å². The fourth-order valence-electron chi connectivity index (χ4n) is 3.71. The summed E-state index contributed by atoms with van der Waals surface area (Å²) in [6.45, 7) is 3.01. The Morgan fingerprint density at radius 1 is 1.32 bits per heavy atom. The van der Waals surface area contributed by atoms with Crippen LogP contribution < -0.4 is 5.73 Å². The number of nitrogens with zero attached hydrogens (tertiary/aromatic N) is 2. The van der Waals surface area contributed by atoms with Crippen molar-refractivity contribution < 1.29 is 9.53 Å². The van der Waals surface area contributed by atoms with Crippen molar-refractivity contribution in [2.24, 2.45) is 4.99 Å². The van der Waals surface area contributed by atoms with Gasteiger partial charge in [-0.25, -0.2) is 0 Å². The maximum atomic E-state index is 13.2. The molecule has 25 heavy (non-hydrogen) atoms. The molecule has 1 aliphatic carbocycles. The summed E-state index contributed by atoms with van der Waals surface area (Å²) in [7, 11) is 1.77. The first kappa shape index (κ1) is 17.7. The van der Waals surface area contributed by atoms with E-state index in [2.05, 4.69) is 4.99 Å². The first-order valence-electron chi connectivity index (χ1n) is 8.96. The van der Waals surface area contributed by atoms with Gasteiger partial charge in [0.05, 0.1) is 12.6 Å². The normalized spacial score (nSPS) is 23.1. The molecule has 2 N–H and O–H groups in total.